The molecule has 0 bridgehead atoms. The molecule has 5 heteroatoms. The first kappa shape index (κ1) is 15.2. The summed E-state index contributed by atoms with van der Waals surface area (Å²) >= 11 is 0. The molecule has 0 unspecified atom stereocenters. The Kier molecular flexibility index (Phi) is 5.09. The van der Waals surface area contributed by atoms with Crippen molar-refractivity contribution in [1.29, 1.82) is 0 Å². The van der Waals surface area contributed by atoms with E-state index in [0.29, 0.717) is 12.1 Å². The van der Waals surface area contributed by atoms with E-state index in [1.54, 1.807) is 4.57 Å². The number of benzene rings is 1. The number of nitrogens with zero attached hydrogens (tertiary/aromatic N) is 3. The van der Waals surface area contributed by atoms with Crippen LogP contribution in [-0.4, -0.2) is 39.7 Å². The van der Waals surface area contributed by atoms with Crippen LogP contribution in [0, 0.1) is 0 Å². The first-order chi connectivity index (χ1) is 10.2. The molecule has 0 atom stereocenters. The predicted molar refractivity (Wildman–Crippen MR) is 82.3 cm³/mol. The van der Waals surface area contributed by atoms with Gasteiger partial charge in [0.2, 0.25) is 5.91 Å². The standard InChI is InChI=1S/C16H21N3O2/c1-3-9-18(10-4-2)16(21)11-19-14-8-6-5-7-13(14)17-15(19)12-20/h5-8,12H,3-4,9-11H2,1-2H3. The maximum atomic E-state index is 12.5. The Morgan fingerprint density at radius 1 is 1.24 bits per heavy atom. The first-order valence-corrected chi connectivity index (χ1v) is 7.39. The van der Waals surface area contributed by atoms with Crippen LogP contribution < -0.4 is 0 Å². The Bertz CT molecular complexity index is 627. The van der Waals surface area contributed by atoms with Crippen molar-refractivity contribution in [3.8, 4) is 0 Å². The second kappa shape index (κ2) is 7.02. The van der Waals surface area contributed by atoms with Gasteiger partial charge >= 0.3 is 0 Å². The predicted octanol–water partition coefficient (Wildman–Crippen LogP) is 2.50. The number of rotatable bonds is 7. The number of imidazole rings is 1. The van der Waals surface area contributed by atoms with Crippen LogP contribution in [0.25, 0.3) is 11.0 Å². The number of aldehydes is 1. The van der Waals surface area contributed by atoms with Crippen molar-refractivity contribution >= 4 is 23.2 Å². The zero-order valence-electron chi connectivity index (χ0n) is 12.6. The Morgan fingerprint density at radius 2 is 1.90 bits per heavy atom. The molecule has 0 radical (unpaired) electrons. The van der Waals surface area contributed by atoms with Gasteiger partial charge in [0, 0.05) is 13.1 Å². The molecule has 0 aliphatic heterocycles. The Labute approximate surface area is 124 Å². The lowest BCUT2D eigenvalue weighted by Gasteiger charge is -2.22. The van der Waals surface area contributed by atoms with E-state index in [1.165, 1.54) is 0 Å². The first-order valence-electron chi connectivity index (χ1n) is 7.39. The second-order valence-electron chi connectivity index (χ2n) is 5.04. The fraction of sp³-hybridized carbons (Fsp3) is 0.438. The molecule has 0 saturated heterocycles. The van der Waals surface area contributed by atoms with Gasteiger partial charge in [0.1, 0.15) is 6.54 Å². The van der Waals surface area contributed by atoms with Crippen LogP contribution in [-0.2, 0) is 11.3 Å². The average molecular weight is 287 g/mol. The molecule has 1 aromatic heterocycles. The molecule has 0 aliphatic carbocycles. The van der Waals surface area contributed by atoms with Crippen molar-refractivity contribution in [3.05, 3.63) is 30.1 Å². The molecule has 1 amide bonds. The molecule has 0 saturated carbocycles. The zero-order valence-corrected chi connectivity index (χ0v) is 12.6. The fourth-order valence-electron chi connectivity index (χ4n) is 2.49. The molecule has 0 N–H and O–H groups in total. The maximum absolute atomic E-state index is 12.5. The smallest absolute Gasteiger partial charge is 0.242 e. The van der Waals surface area contributed by atoms with Crippen LogP contribution in [0.1, 0.15) is 37.3 Å². The van der Waals surface area contributed by atoms with E-state index in [9.17, 15) is 9.59 Å². The number of fused-ring (bicyclic) bond motifs is 1. The third-order valence-corrected chi connectivity index (χ3v) is 3.42. The second-order valence-corrected chi connectivity index (χ2v) is 5.04. The Morgan fingerprint density at radius 3 is 2.52 bits per heavy atom. The van der Waals surface area contributed by atoms with Gasteiger partial charge in [-0.2, -0.15) is 0 Å². The molecule has 1 heterocycles. The van der Waals surface area contributed by atoms with Gasteiger partial charge in [0.15, 0.2) is 12.1 Å². The number of para-hydroxylation sites is 2. The summed E-state index contributed by atoms with van der Waals surface area (Å²) in [5.74, 6) is 0.336. The highest BCUT2D eigenvalue weighted by atomic mass is 16.2. The molecule has 0 spiro atoms. The highest BCUT2D eigenvalue weighted by molar-refractivity contribution is 5.86. The van der Waals surface area contributed by atoms with Gasteiger partial charge in [-0.25, -0.2) is 4.98 Å². The topological polar surface area (TPSA) is 55.2 Å². The number of carbonyl (C=O) groups excluding carboxylic acids is 2. The number of amides is 1. The molecular formula is C16H21N3O2. The molecule has 0 fully saturated rings. The number of carbonyl (C=O) groups is 2. The van der Waals surface area contributed by atoms with Crippen molar-refractivity contribution < 1.29 is 9.59 Å². The Balaban J connectivity index is 2.29. The van der Waals surface area contributed by atoms with Gasteiger partial charge < -0.3 is 9.47 Å². The Hall–Kier alpha value is -2.17. The van der Waals surface area contributed by atoms with E-state index in [-0.39, 0.29) is 12.5 Å². The van der Waals surface area contributed by atoms with Gasteiger partial charge in [0.05, 0.1) is 11.0 Å². The van der Waals surface area contributed by atoms with Crippen molar-refractivity contribution in [2.24, 2.45) is 0 Å². The summed E-state index contributed by atoms with van der Waals surface area (Å²) in [6.45, 7) is 5.76. The number of hydrogen-bond donors (Lipinski definition) is 0. The summed E-state index contributed by atoms with van der Waals surface area (Å²) in [6, 6.07) is 7.48. The maximum Gasteiger partial charge on any atom is 0.242 e. The molecule has 0 aliphatic rings. The van der Waals surface area contributed by atoms with Gasteiger partial charge in [0.25, 0.3) is 0 Å². The van der Waals surface area contributed by atoms with E-state index >= 15 is 0 Å². The lowest BCUT2D eigenvalue weighted by molar-refractivity contribution is -0.131. The minimum Gasteiger partial charge on any atom is -0.341 e. The highest BCUT2D eigenvalue weighted by Crippen LogP contribution is 2.15. The fourth-order valence-corrected chi connectivity index (χ4v) is 2.49. The summed E-state index contributed by atoms with van der Waals surface area (Å²) < 4.78 is 1.70. The van der Waals surface area contributed by atoms with E-state index in [1.807, 2.05) is 29.2 Å². The monoisotopic (exact) mass is 287 g/mol. The van der Waals surface area contributed by atoms with E-state index in [0.717, 1.165) is 37.0 Å². The van der Waals surface area contributed by atoms with E-state index in [2.05, 4.69) is 18.8 Å². The third-order valence-electron chi connectivity index (χ3n) is 3.42. The van der Waals surface area contributed by atoms with Crippen molar-refractivity contribution in [3.63, 3.8) is 0 Å². The van der Waals surface area contributed by atoms with Crippen molar-refractivity contribution in [2.75, 3.05) is 13.1 Å². The van der Waals surface area contributed by atoms with Gasteiger partial charge in [-0.05, 0) is 25.0 Å². The minimum atomic E-state index is 0.0324. The summed E-state index contributed by atoms with van der Waals surface area (Å²) in [7, 11) is 0. The highest BCUT2D eigenvalue weighted by Gasteiger charge is 2.16. The molecule has 2 rings (SSSR count). The summed E-state index contributed by atoms with van der Waals surface area (Å²) in [6.07, 6.45) is 2.56. The SMILES string of the molecule is CCCN(CCC)C(=O)Cn1c(C=O)nc2ccccc21. The molecule has 21 heavy (non-hydrogen) atoms. The third kappa shape index (κ3) is 3.29. The van der Waals surface area contributed by atoms with Crippen LogP contribution in [0.2, 0.25) is 0 Å². The zero-order chi connectivity index (χ0) is 15.2. The number of aromatic nitrogens is 2. The quantitative estimate of drug-likeness (QED) is 0.735. The van der Waals surface area contributed by atoms with E-state index in [4.69, 9.17) is 0 Å². The van der Waals surface area contributed by atoms with Crippen molar-refractivity contribution in [2.45, 2.75) is 33.2 Å². The van der Waals surface area contributed by atoms with Crippen molar-refractivity contribution in [1.82, 2.24) is 14.5 Å². The average Bonchev–Trinajstić information content (AvgIpc) is 2.85. The van der Waals surface area contributed by atoms with Crippen LogP contribution in [0.15, 0.2) is 24.3 Å². The molecule has 1 aromatic carbocycles. The molecule has 5 nitrogen and oxygen atoms in total. The van der Waals surface area contributed by atoms with Crippen LogP contribution in [0.5, 0.6) is 0 Å². The lowest BCUT2D eigenvalue weighted by Crippen LogP contribution is -2.35. The summed E-state index contributed by atoms with van der Waals surface area (Å²) in [5.41, 5.74) is 1.56. The van der Waals surface area contributed by atoms with Crippen LogP contribution in [0.3, 0.4) is 0 Å². The largest absolute Gasteiger partial charge is 0.341 e. The molecule has 112 valence electrons. The van der Waals surface area contributed by atoms with Crippen LogP contribution in [0.4, 0.5) is 0 Å². The van der Waals surface area contributed by atoms with E-state index < -0.39 is 0 Å². The number of hydrogen-bond acceptors (Lipinski definition) is 3. The van der Waals surface area contributed by atoms with Gasteiger partial charge in [-0.3, -0.25) is 9.59 Å². The minimum absolute atomic E-state index is 0.0324. The summed E-state index contributed by atoms with van der Waals surface area (Å²) in [4.78, 5) is 29.8. The molecular weight excluding hydrogens is 266 g/mol. The van der Waals surface area contributed by atoms with Crippen LogP contribution >= 0.6 is 0 Å². The molecule has 2 aromatic rings. The lowest BCUT2D eigenvalue weighted by atomic mass is 10.3. The van der Waals surface area contributed by atoms with Gasteiger partial charge in [-0.15, -0.1) is 0 Å². The van der Waals surface area contributed by atoms with Gasteiger partial charge in [-0.1, -0.05) is 26.0 Å². The summed E-state index contributed by atoms with van der Waals surface area (Å²) in [5, 5.41) is 0. The normalized spacial score (nSPS) is 10.8.